The Labute approximate surface area is 217 Å². The number of carbonyl (C=O) groups excluding carboxylic acids is 1. The molecule has 3 aromatic carbocycles. The summed E-state index contributed by atoms with van der Waals surface area (Å²) in [6, 6.07) is 6.84. The number of ether oxygens (including phenoxy) is 1. The number of amides is 1. The molecule has 0 atom stereocenters. The normalized spacial score (nSPS) is 10.8. The van der Waals surface area contributed by atoms with Gasteiger partial charge >= 0.3 is 0 Å². The van der Waals surface area contributed by atoms with Gasteiger partial charge in [0.25, 0.3) is 5.91 Å². The Hall–Kier alpha value is -1.97. The van der Waals surface area contributed by atoms with Gasteiger partial charge in [-0.25, -0.2) is 8.78 Å². The predicted molar refractivity (Wildman–Crippen MR) is 135 cm³/mol. The zero-order valence-electron chi connectivity index (χ0n) is 17.0. The van der Waals surface area contributed by atoms with Gasteiger partial charge in [0.05, 0.1) is 15.1 Å². The van der Waals surface area contributed by atoms with Crippen molar-refractivity contribution < 1.29 is 18.3 Å². The van der Waals surface area contributed by atoms with E-state index >= 15 is 0 Å². The Kier molecular flexibility index (Phi) is 7.86. The summed E-state index contributed by atoms with van der Waals surface area (Å²) in [6.07, 6.45) is 0. The summed E-state index contributed by atoms with van der Waals surface area (Å²) in [6.45, 7) is 3.39. The number of halogens is 6. The maximum atomic E-state index is 14.6. The van der Waals surface area contributed by atoms with E-state index in [9.17, 15) is 13.6 Å². The molecule has 0 saturated carbocycles. The summed E-state index contributed by atoms with van der Waals surface area (Å²) in [7, 11) is 0. The monoisotopic (exact) mass is 592 g/mol. The maximum Gasteiger partial charge on any atom is 0.263 e. The highest BCUT2D eigenvalue weighted by atomic mass is 79.9. The van der Waals surface area contributed by atoms with E-state index in [1.165, 1.54) is 6.07 Å². The molecule has 0 unspecified atom stereocenters. The summed E-state index contributed by atoms with van der Waals surface area (Å²) in [4.78, 5) is 12.0. The smallest absolute Gasteiger partial charge is 0.263 e. The quantitative estimate of drug-likeness (QED) is 0.240. The average molecular weight is 595 g/mol. The van der Waals surface area contributed by atoms with Crippen molar-refractivity contribution >= 4 is 74.0 Å². The molecule has 0 aliphatic heterocycles. The summed E-state index contributed by atoms with van der Waals surface area (Å²) >= 11 is 26.8. The first-order valence-corrected chi connectivity index (χ1v) is 11.5. The van der Waals surface area contributed by atoms with Gasteiger partial charge in [-0.1, -0.05) is 34.8 Å². The second-order valence-electron chi connectivity index (χ2n) is 6.94. The van der Waals surface area contributed by atoms with Crippen molar-refractivity contribution in [2.24, 2.45) is 5.73 Å². The van der Waals surface area contributed by atoms with Gasteiger partial charge in [0, 0.05) is 10.5 Å². The first-order valence-electron chi connectivity index (χ1n) is 9.13. The second-order valence-corrected chi connectivity index (χ2v) is 9.43. The SMILES string of the molecule is Cc1cc(-c2cc(F)c(C(=O)NC(N)=S)c(F)c2)c(C)c(Cl)c1Oc1cc(Cl)c(Br)cc1Cl. The zero-order chi connectivity index (χ0) is 24.6. The molecule has 0 radical (unpaired) electrons. The number of aryl methyl sites for hydroxylation is 1. The number of benzene rings is 3. The molecule has 0 fully saturated rings. The van der Waals surface area contributed by atoms with Gasteiger partial charge in [-0.15, -0.1) is 0 Å². The molecule has 0 heterocycles. The van der Waals surface area contributed by atoms with Crippen molar-refractivity contribution in [2.45, 2.75) is 13.8 Å². The molecule has 0 aliphatic rings. The average Bonchev–Trinajstić information content (AvgIpc) is 2.70. The minimum atomic E-state index is -1.08. The van der Waals surface area contributed by atoms with Crippen LogP contribution in [0.15, 0.2) is 34.8 Å². The lowest BCUT2D eigenvalue weighted by atomic mass is 9.96. The standard InChI is InChI=1S/C22H14BrCl3F2N2O2S/c1-8-3-11(10-4-15(27)18(16(28)5-10)21(31)30-22(29)33)9(2)19(26)20(8)32-17-7-13(24)12(23)6-14(17)25/h3-7H,1-2H3,(H3,29,30,31,33). The van der Waals surface area contributed by atoms with E-state index in [4.69, 9.17) is 45.3 Å². The van der Waals surface area contributed by atoms with Crippen molar-refractivity contribution in [1.82, 2.24) is 5.32 Å². The molecule has 172 valence electrons. The third kappa shape index (κ3) is 5.41. The van der Waals surface area contributed by atoms with E-state index in [-0.39, 0.29) is 16.3 Å². The highest BCUT2D eigenvalue weighted by molar-refractivity contribution is 9.10. The zero-order valence-corrected chi connectivity index (χ0v) is 21.6. The fraction of sp³-hybridized carbons (Fsp3) is 0.0909. The Morgan fingerprint density at radius 3 is 2.24 bits per heavy atom. The van der Waals surface area contributed by atoms with Crippen molar-refractivity contribution in [3.05, 3.63) is 78.2 Å². The Balaban J connectivity index is 2.06. The first-order chi connectivity index (χ1) is 15.4. The van der Waals surface area contributed by atoms with E-state index in [1.807, 2.05) is 5.32 Å². The molecule has 0 aliphatic carbocycles. The minimum Gasteiger partial charge on any atom is -0.454 e. The minimum absolute atomic E-state index is 0.177. The van der Waals surface area contributed by atoms with Crippen LogP contribution in [0.2, 0.25) is 15.1 Å². The molecule has 3 rings (SSSR count). The van der Waals surface area contributed by atoms with Crippen molar-refractivity contribution in [3.63, 3.8) is 0 Å². The molecule has 4 nitrogen and oxygen atoms in total. The third-order valence-electron chi connectivity index (χ3n) is 4.66. The van der Waals surface area contributed by atoms with Crippen molar-refractivity contribution in [1.29, 1.82) is 0 Å². The number of rotatable bonds is 4. The van der Waals surface area contributed by atoms with E-state index < -0.39 is 28.2 Å². The molecular weight excluding hydrogens is 581 g/mol. The van der Waals surface area contributed by atoms with Gasteiger partial charge in [-0.3, -0.25) is 10.1 Å². The Bertz CT molecular complexity index is 1300. The van der Waals surface area contributed by atoms with Gasteiger partial charge in [-0.2, -0.15) is 0 Å². The fourth-order valence-electron chi connectivity index (χ4n) is 3.09. The van der Waals surface area contributed by atoms with E-state index in [2.05, 4.69) is 28.1 Å². The Morgan fingerprint density at radius 2 is 1.67 bits per heavy atom. The van der Waals surface area contributed by atoms with Crippen LogP contribution in [-0.4, -0.2) is 11.0 Å². The number of thiocarbonyl (C=S) groups is 1. The van der Waals surface area contributed by atoms with Crippen LogP contribution in [0, 0.1) is 25.5 Å². The molecule has 33 heavy (non-hydrogen) atoms. The predicted octanol–water partition coefficient (Wildman–Crippen LogP) is 7.74. The molecule has 11 heteroatoms. The molecule has 0 aromatic heterocycles. The highest BCUT2D eigenvalue weighted by Gasteiger charge is 2.22. The van der Waals surface area contributed by atoms with Crippen LogP contribution in [0.25, 0.3) is 11.1 Å². The van der Waals surface area contributed by atoms with Crippen LogP contribution in [0.5, 0.6) is 11.5 Å². The lowest BCUT2D eigenvalue weighted by Crippen LogP contribution is -2.35. The summed E-state index contributed by atoms with van der Waals surface area (Å²) in [5, 5.41) is 2.52. The van der Waals surface area contributed by atoms with Crippen molar-refractivity contribution in [2.75, 3.05) is 0 Å². The van der Waals surface area contributed by atoms with Gasteiger partial charge < -0.3 is 10.5 Å². The first kappa shape index (κ1) is 25.6. The van der Waals surface area contributed by atoms with Crippen LogP contribution in [0.4, 0.5) is 8.78 Å². The molecule has 0 saturated heterocycles. The molecule has 1 amide bonds. The lowest BCUT2D eigenvalue weighted by molar-refractivity contribution is 0.0969. The highest BCUT2D eigenvalue weighted by Crippen LogP contribution is 2.43. The summed E-state index contributed by atoms with van der Waals surface area (Å²) < 4.78 is 35.8. The number of nitrogens with one attached hydrogen (secondary N) is 1. The van der Waals surface area contributed by atoms with E-state index in [1.54, 1.807) is 26.0 Å². The van der Waals surface area contributed by atoms with Gasteiger partial charge in [0.15, 0.2) is 5.11 Å². The fourth-order valence-corrected chi connectivity index (χ4v) is 4.30. The van der Waals surface area contributed by atoms with Crippen LogP contribution in [-0.2, 0) is 0 Å². The Morgan fingerprint density at radius 1 is 1.06 bits per heavy atom. The van der Waals surface area contributed by atoms with Crippen LogP contribution in [0.1, 0.15) is 21.5 Å². The van der Waals surface area contributed by atoms with Crippen LogP contribution >= 0.6 is 63.0 Å². The molecule has 3 aromatic rings. The van der Waals surface area contributed by atoms with E-state index in [0.717, 1.165) is 12.1 Å². The summed E-state index contributed by atoms with van der Waals surface area (Å²) in [5.74, 6) is -2.64. The van der Waals surface area contributed by atoms with E-state index in [0.29, 0.717) is 37.0 Å². The van der Waals surface area contributed by atoms with Crippen LogP contribution < -0.4 is 15.8 Å². The molecule has 0 bridgehead atoms. The van der Waals surface area contributed by atoms with Gasteiger partial charge in [-0.05, 0) is 88.5 Å². The van der Waals surface area contributed by atoms with Crippen molar-refractivity contribution in [3.8, 4) is 22.6 Å². The largest absolute Gasteiger partial charge is 0.454 e. The second kappa shape index (κ2) is 10.1. The summed E-state index contributed by atoms with van der Waals surface area (Å²) in [5.41, 5.74) is 6.11. The maximum absolute atomic E-state index is 14.6. The number of hydrogen-bond donors (Lipinski definition) is 2. The number of nitrogens with two attached hydrogens (primary N) is 1. The lowest BCUT2D eigenvalue weighted by Gasteiger charge is -2.18. The van der Waals surface area contributed by atoms with Gasteiger partial charge in [0.1, 0.15) is 28.7 Å². The molecule has 0 spiro atoms. The molecule has 3 N–H and O–H groups in total. The van der Waals surface area contributed by atoms with Gasteiger partial charge in [0.2, 0.25) is 0 Å². The third-order valence-corrected chi connectivity index (χ3v) is 6.70. The topological polar surface area (TPSA) is 64.4 Å². The van der Waals surface area contributed by atoms with Crippen LogP contribution in [0.3, 0.4) is 0 Å². The number of hydrogen-bond acceptors (Lipinski definition) is 3. The molecular formula is C22H14BrCl3F2N2O2S. The number of carbonyl (C=O) groups is 1.